The summed E-state index contributed by atoms with van der Waals surface area (Å²) in [5, 5.41) is 11.7. The number of aromatic carboxylic acids is 1. The number of carboxylic acids is 1. The van der Waals surface area contributed by atoms with Crippen molar-refractivity contribution in [3.8, 4) is 0 Å². The summed E-state index contributed by atoms with van der Waals surface area (Å²) in [5.41, 5.74) is 1.25. The van der Waals surface area contributed by atoms with Crippen molar-refractivity contribution < 1.29 is 24.3 Å². The molecule has 4 rings (SSSR count). The lowest BCUT2D eigenvalue weighted by atomic mass is 9.81. The zero-order chi connectivity index (χ0) is 20.5. The minimum atomic E-state index is -1.08. The second-order valence-corrected chi connectivity index (χ2v) is 7.40. The van der Waals surface area contributed by atoms with E-state index in [0.717, 1.165) is 25.7 Å². The van der Waals surface area contributed by atoms with Crippen molar-refractivity contribution >= 4 is 35.1 Å². The fourth-order valence-electron chi connectivity index (χ4n) is 4.11. The summed E-state index contributed by atoms with van der Waals surface area (Å²) >= 11 is 0. The monoisotopic (exact) mass is 392 g/mol. The first-order valence-electron chi connectivity index (χ1n) is 9.58. The van der Waals surface area contributed by atoms with Crippen LogP contribution in [0.5, 0.6) is 0 Å². The quantitative estimate of drug-likeness (QED) is 0.777. The van der Waals surface area contributed by atoms with Crippen molar-refractivity contribution in [1.29, 1.82) is 0 Å². The first-order valence-corrected chi connectivity index (χ1v) is 9.58. The molecule has 0 bridgehead atoms. The summed E-state index contributed by atoms with van der Waals surface area (Å²) in [4.78, 5) is 50.1. The van der Waals surface area contributed by atoms with Crippen molar-refractivity contribution in [2.24, 2.45) is 11.8 Å². The Morgan fingerprint density at radius 1 is 0.897 bits per heavy atom. The van der Waals surface area contributed by atoms with Crippen molar-refractivity contribution in [1.82, 2.24) is 0 Å². The zero-order valence-electron chi connectivity index (χ0n) is 15.6. The van der Waals surface area contributed by atoms with Gasteiger partial charge >= 0.3 is 5.97 Å². The van der Waals surface area contributed by atoms with Crippen LogP contribution in [0.1, 0.15) is 46.4 Å². The Kier molecular flexibility index (Phi) is 4.88. The van der Waals surface area contributed by atoms with Gasteiger partial charge in [-0.25, -0.2) is 4.79 Å². The van der Waals surface area contributed by atoms with Crippen LogP contribution in [0.15, 0.2) is 48.5 Å². The summed E-state index contributed by atoms with van der Waals surface area (Å²) in [5.74, 6) is -2.23. The number of carbonyl (C=O) groups is 4. The van der Waals surface area contributed by atoms with Gasteiger partial charge in [0.25, 0.3) is 5.91 Å². The van der Waals surface area contributed by atoms with Gasteiger partial charge < -0.3 is 10.4 Å². The molecule has 1 heterocycles. The van der Waals surface area contributed by atoms with Crippen LogP contribution in [-0.2, 0) is 9.59 Å². The maximum atomic E-state index is 12.7. The van der Waals surface area contributed by atoms with Crippen LogP contribution in [0.25, 0.3) is 0 Å². The maximum absolute atomic E-state index is 12.7. The van der Waals surface area contributed by atoms with Gasteiger partial charge in [-0.2, -0.15) is 0 Å². The fraction of sp³-hybridized carbons (Fsp3) is 0.273. The number of nitrogens with one attached hydrogen (secondary N) is 1. The molecule has 29 heavy (non-hydrogen) atoms. The summed E-state index contributed by atoms with van der Waals surface area (Å²) in [7, 11) is 0. The number of carbonyl (C=O) groups excluding carboxylic acids is 3. The Morgan fingerprint density at radius 2 is 1.52 bits per heavy atom. The van der Waals surface area contributed by atoms with Crippen molar-refractivity contribution in [2.75, 3.05) is 10.2 Å². The van der Waals surface area contributed by atoms with E-state index < -0.39 is 11.9 Å². The van der Waals surface area contributed by atoms with Crippen molar-refractivity contribution in [3.05, 3.63) is 59.7 Å². The van der Waals surface area contributed by atoms with Crippen LogP contribution < -0.4 is 10.2 Å². The number of benzene rings is 2. The minimum Gasteiger partial charge on any atom is -0.478 e. The van der Waals surface area contributed by atoms with Crippen LogP contribution >= 0.6 is 0 Å². The van der Waals surface area contributed by atoms with Gasteiger partial charge in [0.1, 0.15) is 0 Å². The molecule has 148 valence electrons. The lowest BCUT2D eigenvalue weighted by Crippen LogP contribution is -2.30. The van der Waals surface area contributed by atoms with Crippen LogP contribution in [0.2, 0.25) is 0 Å². The third kappa shape index (κ3) is 3.51. The number of hydrogen-bond acceptors (Lipinski definition) is 4. The maximum Gasteiger partial charge on any atom is 0.335 e. The van der Waals surface area contributed by atoms with Crippen LogP contribution in [-0.4, -0.2) is 28.8 Å². The molecule has 7 heteroatoms. The highest BCUT2D eigenvalue weighted by Gasteiger charge is 2.48. The van der Waals surface area contributed by atoms with Gasteiger partial charge in [0.15, 0.2) is 0 Å². The molecule has 1 saturated heterocycles. The smallest absolute Gasteiger partial charge is 0.335 e. The summed E-state index contributed by atoms with van der Waals surface area (Å²) < 4.78 is 0. The second-order valence-electron chi connectivity index (χ2n) is 7.40. The Morgan fingerprint density at radius 3 is 2.10 bits per heavy atom. The van der Waals surface area contributed by atoms with E-state index >= 15 is 0 Å². The van der Waals surface area contributed by atoms with E-state index in [1.165, 1.54) is 17.0 Å². The van der Waals surface area contributed by atoms with Gasteiger partial charge in [-0.1, -0.05) is 18.9 Å². The van der Waals surface area contributed by atoms with E-state index in [9.17, 15) is 19.2 Å². The molecule has 2 atom stereocenters. The first kappa shape index (κ1) is 18.9. The van der Waals surface area contributed by atoms with Crippen LogP contribution in [0, 0.1) is 11.8 Å². The SMILES string of the molecule is O=C(O)c1cccc(NC(=O)c2ccc(N3C(=O)[C@@H]4CCCC[C@H]4C3=O)cc2)c1. The number of anilines is 2. The number of rotatable bonds is 4. The molecule has 0 spiro atoms. The van der Waals surface area contributed by atoms with E-state index in [4.69, 9.17) is 5.11 Å². The predicted molar refractivity (Wildman–Crippen MR) is 106 cm³/mol. The lowest BCUT2D eigenvalue weighted by Gasteiger charge is -2.19. The first-order chi connectivity index (χ1) is 14.0. The molecular formula is C22H20N2O5. The van der Waals surface area contributed by atoms with Crippen LogP contribution in [0.4, 0.5) is 11.4 Å². The van der Waals surface area contributed by atoms with Crippen molar-refractivity contribution in [2.45, 2.75) is 25.7 Å². The lowest BCUT2D eigenvalue weighted by molar-refractivity contribution is -0.122. The number of hydrogen-bond donors (Lipinski definition) is 2. The molecule has 1 aliphatic heterocycles. The molecule has 7 nitrogen and oxygen atoms in total. The number of imide groups is 1. The molecule has 2 aromatic rings. The van der Waals surface area contributed by atoms with E-state index in [2.05, 4.69) is 5.32 Å². The topological polar surface area (TPSA) is 104 Å². The Balaban J connectivity index is 1.50. The molecule has 2 aromatic carbocycles. The summed E-state index contributed by atoms with van der Waals surface area (Å²) in [6.45, 7) is 0. The van der Waals surface area contributed by atoms with Crippen LogP contribution in [0.3, 0.4) is 0 Å². The fourth-order valence-corrected chi connectivity index (χ4v) is 4.11. The molecule has 2 N–H and O–H groups in total. The summed E-state index contributed by atoms with van der Waals surface area (Å²) in [6, 6.07) is 12.2. The third-order valence-electron chi connectivity index (χ3n) is 5.60. The number of carboxylic acid groups (broad SMARTS) is 1. The molecule has 1 aliphatic carbocycles. The average Bonchev–Trinajstić information content (AvgIpc) is 2.99. The number of nitrogens with zero attached hydrogens (tertiary/aromatic N) is 1. The van der Waals surface area contributed by atoms with Gasteiger partial charge in [-0.15, -0.1) is 0 Å². The molecule has 3 amide bonds. The Labute approximate surface area is 167 Å². The highest BCUT2D eigenvalue weighted by atomic mass is 16.4. The summed E-state index contributed by atoms with van der Waals surface area (Å²) in [6.07, 6.45) is 3.44. The normalized spacial score (nSPS) is 21.0. The standard InChI is InChI=1S/C22H20N2O5/c25-19(23-15-5-3-4-14(12-15)22(28)29)13-8-10-16(11-9-13)24-20(26)17-6-1-2-7-18(17)21(24)27/h3-5,8-12,17-18H,1-2,6-7H2,(H,23,25)(H,28,29)/t17-,18-/m1/s1. The van der Waals surface area contributed by atoms with Gasteiger partial charge in [0.05, 0.1) is 23.1 Å². The van der Waals surface area contributed by atoms with Gasteiger partial charge in [-0.3, -0.25) is 19.3 Å². The highest BCUT2D eigenvalue weighted by Crippen LogP contribution is 2.40. The molecule has 0 radical (unpaired) electrons. The number of amides is 3. The van der Waals surface area contributed by atoms with E-state index in [1.54, 1.807) is 36.4 Å². The highest BCUT2D eigenvalue weighted by molar-refractivity contribution is 6.22. The average molecular weight is 392 g/mol. The van der Waals surface area contributed by atoms with E-state index in [1.807, 2.05) is 0 Å². The molecule has 2 aliphatic rings. The Bertz CT molecular complexity index is 975. The van der Waals surface area contributed by atoms with Gasteiger partial charge in [0.2, 0.25) is 11.8 Å². The predicted octanol–water partition coefficient (Wildman–Crippen LogP) is 3.32. The zero-order valence-corrected chi connectivity index (χ0v) is 15.6. The number of fused-ring (bicyclic) bond motifs is 1. The largest absolute Gasteiger partial charge is 0.478 e. The van der Waals surface area contributed by atoms with Gasteiger partial charge in [-0.05, 0) is 55.3 Å². The van der Waals surface area contributed by atoms with Crippen molar-refractivity contribution in [3.63, 3.8) is 0 Å². The molecule has 2 fully saturated rings. The Hall–Kier alpha value is -3.48. The molecule has 0 unspecified atom stereocenters. The minimum absolute atomic E-state index is 0.0747. The third-order valence-corrected chi connectivity index (χ3v) is 5.60. The molecule has 0 aromatic heterocycles. The van der Waals surface area contributed by atoms with Gasteiger partial charge in [0, 0.05) is 11.3 Å². The van der Waals surface area contributed by atoms with E-state index in [-0.39, 0.29) is 29.2 Å². The second kappa shape index (κ2) is 7.50. The molecular weight excluding hydrogens is 372 g/mol. The molecule has 1 saturated carbocycles. The van der Waals surface area contributed by atoms with E-state index in [0.29, 0.717) is 16.9 Å².